The summed E-state index contributed by atoms with van der Waals surface area (Å²) in [4.78, 5) is 4.68. The summed E-state index contributed by atoms with van der Waals surface area (Å²) >= 11 is 1.93. The van der Waals surface area contributed by atoms with E-state index in [9.17, 15) is 0 Å². The van der Waals surface area contributed by atoms with Gasteiger partial charge in [-0.25, -0.2) is 4.99 Å². The zero-order valence-corrected chi connectivity index (χ0v) is 17.5. The van der Waals surface area contributed by atoms with E-state index in [1.807, 2.05) is 17.8 Å². The van der Waals surface area contributed by atoms with Gasteiger partial charge >= 0.3 is 0 Å². The van der Waals surface area contributed by atoms with Crippen LogP contribution in [0.5, 0.6) is 0 Å². The Kier molecular flexibility index (Phi) is 8.78. The number of nitrogens with zero attached hydrogens (tertiary/aromatic N) is 2. The molecule has 0 bridgehead atoms. The van der Waals surface area contributed by atoms with Crippen molar-refractivity contribution < 1.29 is 9.26 Å². The van der Waals surface area contributed by atoms with Crippen LogP contribution >= 0.6 is 11.8 Å². The van der Waals surface area contributed by atoms with Crippen LogP contribution in [0.4, 0.5) is 0 Å². The number of hydrogen-bond donors (Lipinski definition) is 2. The lowest BCUT2D eigenvalue weighted by atomic mass is 9.99. The van der Waals surface area contributed by atoms with Crippen LogP contribution in [0.15, 0.2) is 15.6 Å². The molecular formula is C19H34N4O2S. The molecule has 1 saturated heterocycles. The Hall–Kier alpha value is -1.21. The van der Waals surface area contributed by atoms with E-state index in [2.05, 4.69) is 47.8 Å². The van der Waals surface area contributed by atoms with E-state index < -0.39 is 0 Å². The second kappa shape index (κ2) is 10.8. The van der Waals surface area contributed by atoms with Crippen LogP contribution in [0.2, 0.25) is 0 Å². The lowest BCUT2D eigenvalue weighted by Crippen LogP contribution is -2.47. The van der Waals surface area contributed by atoms with Gasteiger partial charge in [0.2, 0.25) is 0 Å². The number of ether oxygens (including phenoxy) is 1. The number of aromatic nitrogens is 1. The molecule has 2 heterocycles. The van der Waals surface area contributed by atoms with Crippen molar-refractivity contribution in [1.29, 1.82) is 0 Å². The van der Waals surface area contributed by atoms with Crippen molar-refractivity contribution >= 4 is 17.7 Å². The minimum absolute atomic E-state index is 0.226. The van der Waals surface area contributed by atoms with Crippen LogP contribution in [0.3, 0.4) is 0 Å². The van der Waals surface area contributed by atoms with E-state index in [4.69, 9.17) is 9.26 Å². The predicted octanol–water partition coefficient (Wildman–Crippen LogP) is 3.55. The quantitative estimate of drug-likeness (QED) is 0.503. The molecule has 1 aromatic heterocycles. The van der Waals surface area contributed by atoms with Crippen LogP contribution in [0.25, 0.3) is 0 Å². The smallest absolute Gasteiger partial charge is 0.191 e. The van der Waals surface area contributed by atoms with Gasteiger partial charge in [0, 0.05) is 43.0 Å². The van der Waals surface area contributed by atoms with E-state index in [0.717, 1.165) is 69.4 Å². The second-order valence-electron chi connectivity index (χ2n) is 6.78. The number of nitrogens with one attached hydrogen (secondary N) is 2. The fraction of sp³-hybridized carbons (Fsp3) is 0.789. The Labute approximate surface area is 161 Å². The van der Waals surface area contributed by atoms with Crippen molar-refractivity contribution in [2.45, 2.75) is 63.7 Å². The first kappa shape index (κ1) is 21.1. The summed E-state index contributed by atoms with van der Waals surface area (Å²) in [6, 6.07) is 2.05. The van der Waals surface area contributed by atoms with Gasteiger partial charge in [-0.1, -0.05) is 19.0 Å². The maximum absolute atomic E-state index is 5.52. The predicted molar refractivity (Wildman–Crippen MR) is 109 cm³/mol. The van der Waals surface area contributed by atoms with Gasteiger partial charge in [-0.15, -0.1) is 0 Å². The molecule has 0 atom stereocenters. The highest BCUT2D eigenvalue weighted by molar-refractivity contribution is 8.00. The number of rotatable bonds is 9. The molecule has 0 saturated carbocycles. The van der Waals surface area contributed by atoms with Crippen LogP contribution in [0, 0.1) is 0 Å². The summed E-state index contributed by atoms with van der Waals surface area (Å²) < 4.78 is 11.2. The average Bonchev–Trinajstić information content (AvgIpc) is 3.14. The fourth-order valence-electron chi connectivity index (χ4n) is 3.24. The van der Waals surface area contributed by atoms with Gasteiger partial charge in [0.25, 0.3) is 0 Å². The third-order valence-corrected chi connectivity index (χ3v) is 6.55. The summed E-state index contributed by atoms with van der Waals surface area (Å²) in [6.45, 7) is 10.3. The molecule has 26 heavy (non-hydrogen) atoms. The summed E-state index contributed by atoms with van der Waals surface area (Å²) in [5, 5.41) is 11.1. The Bertz CT molecular complexity index is 551. The minimum Gasteiger partial charge on any atom is -0.381 e. The number of thioether (sulfide) groups is 1. The van der Waals surface area contributed by atoms with E-state index in [-0.39, 0.29) is 4.75 Å². The highest BCUT2D eigenvalue weighted by Crippen LogP contribution is 2.33. The molecule has 148 valence electrons. The SMILES string of the molecule is CCNC(=NCc1cc(C(CC)CC)no1)NCC1(SC)CCOCC1. The first-order valence-electron chi connectivity index (χ1n) is 9.77. The molecule has 0 radical (unpaired) electrons. The van der Waals surface area contributed by atoms with Gasteiger partial charge in [-0.2, -0.15) is 11.8 Å². The monoisotopic (exact) mass is 382 g/mol. The van der Waals surface area contributed by atoms with E-state index in [1.165, 1.54) is 0 Å². The van der Waals surface area contributed by atoms with Crippen molar-refractivity contribution in [3.63, 3.8) is 0 Å². The van der Waals surface area contributed by atoms with Crippen molar-refractivity contribution in [2.75, 3.05) is 32.6 Å². The molecule has 2 rings (SSSR count). The molecule has 0 aromatic carbocycles. The van der Waals surface area contributed by atoms with Crippen LogP contribution in [0.1, 0.15) is 63.8 Å². The lowest BCUT2D eigenvalue weighted by molar-refractivity contribution is 0.0783. The Morgan fingerprint density at radius 1 is 1.27 bits per heavy atom. The van der Waals surface area contributed by atoms with Crippen LogP contribution < -0.4 is 10.6 Å². The van der Waals surface area contributed by atoms with Crippen molar-refractivity contribution in [3.05, 3.63) is 17.5 Å². The van der Waals surface area contributed by atoms with E-state index >= 15 is 0 Å². The van der Waals surface area contributed by atoms with E-state index in [1.54, 1.807) is 0 Å². The van der Waals surface area contributed by atoms with Crippen molar-refractivity contribution in [1.82, 2.24) is 15.8 Å². The second-order valence-corrected chi connectivity index (χ2v) is 8.05. The van der Waals surface area contributed by atoms with Gasteiger partial charge < -0.3 is 19.9 Å². The molecule has 0 unspecified atom stereocenters. The molecule has 2 N–H and O–H groups in total. The maximum Gasteiger partial charge on any atom is 0.191 e. The molecule has 1 aliphatic heterocycles. The molecule has 7 heteroatoms. The fourth-order valence-corrected chi connectivity index (χ4v) is 4.03. The van der Waals surface area contributed by atoms with Gasteiger partial charge in [0.1, 0.15) is 6.54 Å². The number of aliphatic imine (C=N–C) groups is 1. The van der Waals surface area contributed by atoms with Crippen LogP contribution in [-0.4, -0.2) is 48.4 Å². The van der Waals surface area contributed by atoms with Crippen molar-refractivity contribution in [2.24, 2.45) is 4.99 Å². The standard InChI is InChI=1S/C19H34N4O2S/c1-5-15(6-2)17-12-16(25-23-17)13-21-18(20-7-3)22-14-19(26-4)8-10-24-11-9-19/h12,15H,5-11,13-14H2,1-4H3,(H2,20,21,22). The number of guanidine groups is 1. The molecular weight excluding hydrogens is 348 g/mol. The minimum atomic E-state index is 0.226. The molecule has 0 aliphatic carbocycles. The maximum atomic E-state index is 5.52. The largest absolute Gasteiger partial charge is 0.381 e. The average molecular weight is 383 g/mol. The van der Waals surface area contributed by atoms with Gasteiger partial charge in [-0.05, 0) is 38.9 Å². The molecule has 0 spiro atoms. The van der Waals surface area contributed by atoms with Gasteiger partial charge in [0.15, 0.2) is 11.7 Å². The first-order valence-corrected chi connectivity index (χ1v) is 11.0. The zero-order chi connectivity index (χ0) is 18.8. The third-order valence-electron chi connectivity index (χ3n) is 5.13. The molecule has 1 fully saturated rings. The first-order chi connectivity index (χ1) is 12.7. The summed E-state index contributed by atoms with van der Waals surface area (Å²) in [7, 11) is 0. The van der Waals surface area contributed by atoms with Crippen molar-refractivity contribution in [3.8, 4) is 0 Å². The molecule has 1 aromatic rings. The van der Waals surface area contributed by atoms with Crippen LogP contribution in [-0.2, 0) is 11.3 Å². The Morgan fingerprint density at radius 3 is 2.62 bits per heavy atom. The zero-order valence-electron chi connectivity index (χ0n) is 16.6. The summed E-state index contributed by atoms with van der Waals surface area (Å²) in [5.41, 5.74) is 1.04. The van der Waals surface area contributed by atoms with Gasteiger partial charge in [0.05, 0.1) is 5.69 Å². The topological polar surface area (TPSA) is 71.7 Å². The lowest BCUT2D eigenvalue weighted by Gasteiger charge is -2.36. The molecule has 6 nitrogen and oxygen atoms in total. The summed E-state index contributed by atoms with van der Waals surface area (Å²) in [6.07, 6.45) is 6.49. The Morgan fingerprint density at radius 2 is 2.00 bits per heavy atom. The third kappa shape index (κ3) is 5.91. The highest BCUT2D eigenvalue weighted by atomic mass is 32.2. The molecule has 1 aliphatic rings. The van der Waals surface area contributed by atoms with Gasteiger partial charge in [-0.3, -0.25) is 0 Å². The normalized spacial score (nSPS) is 17.5. The summed E-state index contributed by atoms with van der Waals surface area (Å²) in [5.74, 6) is 2.11. The molecule has 0 amide bonds. The Balaban J connectivity index is 1.95. The number of hydrogen-bond acceptors (Lipinski definition) is 5. The highest BCUT2D eigenvalue weighted by Gasteiger charge is 2.31. The van der Waals surface area contributed by atoms with E-state index in [0.29, 0.717) is 12.5 Å².